The van der Waals surface area contributed by atoms with Crippen LogP contribution in [-0.2, 0) is 14.9 Å². The van der Waals surface area contributed by atoms with E-state index in [1.807, 2.05) is 25.1 Å². The Morgan fingerprint density at radius 2 is 2.47 bits per heavy atom. The number of carbonyl (C=O) groups is 1. The van der Waals surface area contributed by atoms with Crippen LogP contribution in [0.3, 0.4) is 0 Å². The van der Waals surface area contributed by atoms with Crippen LogP contribution < -0.4 is 5.32 Å². The molecule has 4 nitrogen and oxygen atoms in total. The second-order valence-corrected chi connectivity index (χ2v) is 4.57. The topological polar surface area (TPSA) is 51.2 Å². The molecule has 0 amide bonds. The Morgan fingerprint density at radius 3 is 3.12 bits per heavy atom. The average molecular weight is 234 g/mol. The number of nitrogens with one attached hydrogen (secondary N) is 1. The van der Waals surface area contributed by atoms with E-state index in [1.165, 1.54) is 0 Å². The molecule has 1 aliphatic heterocycles. The van der Waals surface area contributed by atoms with Gasteiger partial charge in [-0.25, -0.2) is 0 Å². The molecule has 1 aliphatic rings. The van der Waals surface area contributed by atoms with Crippen LogP contribution in [0.15, 0.2) is 24.4 Å². The van der Waals surface area contributed by atoms with Gasteiger partial charge in [0.1, 0.15) is 0 Å². The average Bonchev–Trinajstić information content (AvgIpc) is 2.74. The quantitative estimate of drug-likeness (QED) is 0.796. The molecule has 2 rings (SSSR count). The van der Waals surface area contributed by atoms with Crippen molar-refractivity contribution in [2.24, 2.45) is 5.92 Å². The smallest absolute Gasteiger partial charge is 0.311 e. The molecule has 17 heavy (non-hydrogen) atoms. The maximum Gasteiger partial charge on any atom is 0.311 e. The van der Waals surface area contributed by atoms with Gasteiger partial charge in [-0.2, -0.15) is 0 Å². The van der Waals surface area contributed by atoms with Crippen molar-refractivity contribution in [2.45, 2.75) is 19.3 Å². The van der Waals surface area contributed by atoms with Crippen LogP contribution in [0.1, 0.15) is 19.5 Å². The Bertz CT molecular complexity index is 394. The minimum atomic E-state index is -0.270. The highest BCUT2D eigenvalue weighted by molar-refractivity contribution is 5.75. The number of carbonyl (C=O) groups excluding carboxylic acids is 1. The van der Waals surface area contributed by atoms with Crippen LogP contribution in [0.5, 0.6) is 0 Å². The summed E-state index contributed by atoms with van der Waals surface area (Å²) in [6.45, 7) is 5.74. The number of hydrogen-bond acceptors (Lipinski definition) is 4. The van der Waals surface area contributed by atoms with Gasteiger partial charge in [-0.15, -0.1) is 0 Å². The lowest BCUT2D eigenvalue weighted by molar-refractivity contribution is -0.149. The van der Waals surface area contributed by atoms with Gasteiger partial charge in [-0.05, 0) is 19.1 Å². The van der Waals surface area contributed by atoms with Crippen molar-refractivity contribution in [3.05, 3.63) is 30.1 Å². The van der Waals surface area contributed by atoms with Crippen LogP contribution in [0, 0.1) is 5.92 Å². The van der Waals surface area contributed by atoms with Crippen molar-refractivity contribution in [2.75, 3.05) is 19.7 Å². The van der Waals surface area contributed by atoms with Crippen LogP contribution in [0.25, 0.3) is 0 Å². The molecular weight excluding hydrogens is 216 g/mol. The third-order valence-corrected chi connectivity index (χ3v) is 3.43. The summed E-state index contributed by atoms with van der Waals surface area (Å²) in [4.78, 5) is 16.3. The second kappa shape index (κ2) is 4.84. The fraction of sp³-hybridized carbons (Fsp3) is 0.538. The predicted octanol–water partition coefficient (Wildman–Crippen LogP) is 1.12. The molecule has 1 aromatic heterocycles. The summed E-state index contributed by atoms with van der Waals surface area (Å²) < 4.78 is 5.14. The predicted molar refractivity (Wildman–Crippen MR) is 64.6 cm³/mol. The fourth-order valence-electron chi connectivity index (χ4n) is 2.38. The maximum absolute atomic E-state index is 11.9. The molecule has 0 aliphatic carbocycles. The van der Waals surface area contributed by atoms with E-state index in [4.69, 9.17) is 4.74 Å². The summed E-state index contributed by atoms with van der Waals surface area (Å²) in [7, 11) is 0. The lowest BCUT2D eigenvalue weighted by Gasteiger charge is -2.28. The standard InChI is InChI=1S/C13H18N2O2/c1-3-17-12(16)10-8-14-9-13(10,2)11-6-4-5-7-15-11/h4-7,10,14H,3,8-9H2,1-2H3. The lowest BCUT2D eigenvalue weighted by atomic mass is 9.77. The Morgan fingerprint density at radius 1 is 1.65 bits per heavy atom. The van der Waals surface area contributed by atoms with Crippen molar-refractivity contribution in [3.8, 4) is 0 Å². The van der Waals surface area contributed by atoms with Gasteiger partial charge in [0.05, 0.1) is 12.5 Å². The number of esters is 1. The molecule has 1 fully saturated rings. The molecule has 1 N–H and O–H groups in total. The van der Waals surface area contributed by atoms with Gasteiger partial charge in [0.2, 0.25) is 0 Å². The van der Waals surface area contributed by atoms with Gasteiger partial charge >= 0.3 is 5.97 Å². The van der Waals surface area contributed by atoms with Crippen LogP contribution in [-0.4, -0.2) is 30.6 Å². The summed E-state index contributed by atoms with van der Waals surface area (Å²) in [5, 5.41) is 3.26. The molecule has 0 spiro atoms. The van der Waals surface area contributed by atoms with Crippen LogP contribution >= 0.6 is 0 Å². The van der Waals surface area contributed by atoms with Gasteiger partial charge < -0.3 is 10.1 Å². The Kier molecular flexibility index (Phi) is 3.43. The van der Waals surface area contributed by atoms with Gasteiger partial charge in [-0.1, -0.05) is 13.0 Å². The first-order valence-electron chi connectivity index (χ1n) is 5.97. The number of ether oxygens (including phenoxy) is 1. The van der Waals surface area contributed by atoms with E-state index in [-0.39, 0.29) is 17.3 Å². The molecule has 0 aromatic carbocycles. The van der Waals surface area contributed by atoms with Gasteiger partial charge in [0, 0.05) is 30.4 Å². The summed E-state index contributed by atoms with van der Waals surface area (Å²) in [5.41, 5.74) is 0.677. The molecule has 1 saturated heterocycles. The van der Waals surface area contributed by atoms with Crippen molar-refractivity contribution < 1.29 is 9.53 Å². The molecule has 2 heterocycles. The number of aromatic nitrogens is 1. The van der Waals surface area contributed by atoms with Crippen molar-refractivity contribution >= 4 is 5.97 Å². The second-order valence-electron chi connectivity index (χ2n) is 4.57. The minimum absolute atomic E-state index is 0.134. The first-order valence-corrected chi connectivity index (χ1v) is 5.97. The highest BCUT2D eigenvalue weighted by Crippen LogP contribution is 2.34. The zero-order chi connectivity index (χ0) is 12.3. The van der Waals surface area contributed by atoms with E-state index < -0.39 is 0 Å². The number of hydrogen-bond donors (Lipinski definition) is 1. The monoisotopic (exact) mass is 234 g/mol. The molecule has 0 radical (unpaired) electrons. The lowest BCUT2D eigenvalue weighted by Crippen LogP contribution is -2.38. The molecular formula is C13H18N2O2. The SMILES string of the molecule is CCOC(=O)C1CNCC1(C)c1ccccn1. The van der Waals surface area contributed by atoms with Crippen molar-refractivity contribution in [1.82, 2.24) is 10.3 Å². The van der Waals surface area contributed by atoms with E-state index in [1.54, 1.807) is 6.20 Å². The molecule has 92 valence electrons. The first kappa shape index (κ1) is 12.0. The molecule has 2 unspecified atom stereocenters. The third-order valence-electron chi connectivity index (χ3n) is 3.43. The molecule has 4 heteroatoms. The van der Waals surface area contributed by atoms with Crippen molar-refractivity contribution in [3.63, 3.8) is 0 Å². The van der Waals surface area contributed by atoms with Crippen LogP contribution in [0.4, 0.5) is 0 Å². The molecule has 2 atom stereocenters. The zero-order valence-electron chi connectivity index (χ0n) is 10.3. The normalized spacial score (nSPS) is 28.0. The highest BCUT2D eigenvalue weighted by atomic mass is 16.5. The van der Waals surface area contributed by atoms with E-state index in [0.29, 0.717) is 13.2 Å². The molecule has 0 saturated carbocycles. The third kappa shape index (κ3) is 2.17. The van der Waals surface area contributed by atoms with E-state index in [2.05, 4.69) is 17.2 Å². The number of pyridine rings is 1. The van der Waals surface area contributed by atoms with E-state index in [0.717, 1.165) is 12.2 Å². The van der Waals surface area contributed by atoms with Gasteiger partial charge in [-0.3, -0.25) is 9.78 Å². The Labute approximate surface area is 101 Å². The summed E-state index contributed by atoms with van der Waals surface area (Å²) in [6, 6.07) is 5.81. The van der Waals surface area contributed by atoms with E-state index in [9.17, 15) is 4.79 Å². The van der Waals surface area contributed by atoms with Crippen molar-refractivity contribution in [1.29, 1.82) is 0 Å². The fourth-order valence-corrected chi connectivity index (χ4v) is 2.38. The largest absolute Gasteiger partial charge is 0.466 e. The van der Waals surface area contributed by atoms with Crippen LogP contribution in [0.2, 0.25) is 0 Å². The summed E-state index contributed by atoms with van der Waals surface area (Å²) in [5.74, 6) is -0.289. The number of rotatable bonds is 3. The first-order chi connectivity index (χ1) is 8.18. The molecule has 1 aromatic rings. The number of nitrogens with zero attached hydrogens (tertiary/aromatic N) is 1. The summed E-state index contributed by atoms with van der Waals surface area (Å²) >= 11 is 0. The van der Waals surface area contributed by atoms with E-state index >= 15 is 0 Å². The van der Waals surface area contributed by atoms with Gasteiger partial charge in [0.25, 0.3) is 0 Å². The summed E-state index contributed by atoms with van der Waals surface area (Å²) in [6.07, 6.45) is 1.76. The minimum Gasteiger partial charge on any atom is -0.466 e. The van der Waals surface area contributed by atoms with Gasteiger partial charge in [0.15, 0.2) is 0 Å². The molecule has 0 bridgehead atoms. The highest BCUT2D eigenvalue weighted by Gasteiger charge is 2.46. The Balaban J connectivity index is 2.26. The Hall–Kier alpha value is -1.42. The maximum atomic E-state index is 11.9. The zero-order valence-corrected chi connectivity index (χ0v) is 10.3.